The quantitative estimate of drug-likeness (QED) is 0.458. The van der Waals surface area contributed by atoms with Crippen LogP contribution in [0.1, 0.15) is 50.5 Å². The fourth-order valence-corrected chi connectivity index (χ4v) is 5.25. The molecule has 1 saturated heterocycles. The van der Waals surface area contributed by atoms with Crippen molar-refractivity contribution in [3.63, 3.8) is 0 Å². The molecule has 198 valence electrons. The van der Waals surface area contributed by atoms with Gasteiger partial charge in [-0.3, -0.25) is 14.4 Å². The van der Waals surface area contributed by atoms with Gasteiger partial charge >= 0.3 is 0 Å². The predicted octanol–water partition coefficient (Wildman–Crippen LogP) is 2.59. The normalized spacial score (nSPS) is 19.6. The van der Waals surface area contributed by atoms with Crippen LogP contribution in [0.2, 0.25) is 0 Å². The molecule has 1 aliphatic carbocycles. The third kappa shape index (κ3) is 7.55. The molecule has 37 heavy (non-hydrogen) atoms. The van der Waals surface area contributed by atoms with Crippen molar-refractivity contribution >= 4 is 17.7 Å². The molecule has 3 atom stereocenters. The minimum atomic E-state index is -1.30. The number of nitrogens with zero attached hydrogens (tertiary/aromatic N) is 1. The highest BCUT2D eigenvalue weighted by Crippen LogP contribution is 2.24. The molecule has 8 nitrogen and oxygen atoms in total. The topological polar surface area (TPSA) is 108 Å². The Bertz CT molecular complexity index is 1030. The van der Waals surface area contributed by atoms with E-state index in [2.05, 4.69) is 10.6 Å². The number of para-hydroxylation sites is 1. The number of aliphatic hydroxyl groups is 1. The molecule has 1 heterocycles. The molecule has 2 aromatic carbocycles. The first-order valence-corrected chi connectivity index (χ1v) is 13.3. The number of rotatable bonds is 10. The van der Waals surface area contributed by atoms with E-state index in [0.29, 0.717) is 31.6 Å². The van der Waals surface area contributed by atoms with E-state index in [1.165, 1.54) is 6.42 Å². The Kier molecular flexibility index (Phi) is 9.54. The minimum Gasteiger partial charge on any atom is -0.484 e. The molecule has 2 aromatic rings. The second-order valence-electron chi connectivity index (χ2n) is 9.94. The van der Waals surface area contributed by atoms with Gasteiger partial charge in [-0.05, 0) is 43.4 Å². The molecule has 2 fully saturated rings. The zero-order chi connectivity index (χ0) is 26.0. The zero-order valence-corrected chi connectivity index (χ0v) is 21.2. The van der Waals surface area contributed by atoms with E-state index in [4.69, 9.17) is 4.74 Å². The summed E-state index contributed by atoms with van der Waals surface area (Å²) in [6.07, 6.45) is 5.37. The third-order valence-electron chi connectivity index (χ3n) is 7.20. The summed E-state index contributed by atoms with van der Waals surface area (Å²) in [5.41, 5.74) is 0.900. The second-order valence-corrected chi connectivity index (χ2v) is 9.94. The molecule has 8 heteroatoms. The number of ether oxygens (including phenoxy) is 1. The average molecular weight is 508 g/mol. The highest BCUT2D eigenvalue weighted by atomic mass is 16.5. The van der Waals surface area contributed by atoms with Gasteiger partial charge in [0.05, 0.1) is 6.04 Å². The largest absolute Gasteiger partial charge is 0.484 e. The summed E-state index contributed by atoms with van der Waals surface area (Å²) >= 11 is 0. The number of hydrogen-bond donors (Lipinski definition) is 3. The molecule has 0 radical (unpaired) electrons. The van der Waals surface area contributed by atoms with E-state index in [1.54, 1.807) is 17.0 Å². The first-order valence-electron chi connectivity index (χ1n) is 13.3. The smallest absolute Gasteiger partial charge is 0.258 e. The Hall–Kier alpha value is -3.39. The van der Waals surface area contributed by atoms with Crippen molar-refractivity contribution in [2.24, 2.45) is 0 Å². The van der Waals surface area contributed by atoms with Crippen LogP contribution in [-0.2, 0) is 20.8 Å². The van der Waals surface area contributed by atoms with Crippen molar-refractivity contribution in [2.75, 3.05) is 13.2 Å². The van der Waals surface area contributed by atoms with E-state index in [9.17, 15) is 19.5 Å². The first kappa shape index (κ1) is 26.7. The maximum Gasteiger partial charge on any atom is 0.258 e. The fraction of sp³-hybridized carbons (Fsp3) is 0.483. The van der Waals surface area contributed by atoms with E-state index in [-0.39, 0.29) is 18.6 Å². The van der Waals surface area contributed by atoms with Crippen molar-refractivity contribution in [3.05, 3.63) is 66.2 Å². The van der Waals surface area contributed by atoms with Crippen molar-refractivity contribution < 1.29 is 24.2 Å². The van der Waals surface area contributed by atoms with Gasteiger partial charge in [0, 0.05) is 19.0 Å². The van der Waals surface area contributed by atoms with Crippen LogP contribution >= 0.6 is 0 Å². The third-order valence-corrected chi connectivity index (χ3v) is 7.20. The van der Waals surface area contributed by atoms with Crippen LogP contribution in [-0.4, -0.2) is 65.1 Å². The summed E-state index contributed by atoms with van der Waals surface area (Å²) in [6.45, 7) is 0.206. The minimum absolute atomic E-state index is 0.0798. The lowest BCUT2D eigenvalue weighted by atomic mass is 9.95. The fourth-order valence-electron chi connectivity index (χ4n) is 5.25. The van der Waals surface area contributed by atoms with Gasteiger partial charge in [0.25, 0.3) is 11.8 Å². The molecular formula is C29H37N3O5. The van der Waals surface area contributed by atoms with Crippen LogP contribution in [0.15, 0.2) is 60.7 Å². The van der Waals surface area contributed by atoms with E-state index in [1.807, 2.05) is 48.5 Å². The van der Waals surface area contributed by atoms with Crippen LogP contribution in [0.25, 0.3) is 0 Å². The molecule has 2 aliphatic rings. The molecule has 3 N–H and O–H groups in total. The van der Waals surface area contributed by atoms with E-state index in [0.717, 1.165) is 31.2 Å². The summed E-state index contributed by atoms with van der Waals surface area (Å²) in [5.74, 6) is -0.569. The Labute approximate surface area is 218 Å². The Morgan fingerprint density at radius 2 is 1.59 bits per heavy atom. The highest BCUT2D eigenvalue weighted by Gasteiger charge is 2.40. The molecule has 0 bridgehead atoms. The van der Waals surface area contributed by atoms with Gasteiger partial charge in [-0.15, -0.1) is 0 Å². The van der Waals surface area contributed by atoms with Gasteiger partial charge in [-0.1, -0.05) is 67.8 Å². The molecule has 4 rings (SSSR count). The number of hydrogen-bond acceptors (Lipinski definition) is 5. The maximum absolute atomic E-state index is 13.7. The first-order chi connectivity index (χ1) is 18.0. The van der Waals surface area contributed by atoms with Gasteiger partial charge in [-0.25, -0.2) is 0 Å². The predicted molar refractivity (Wildman–Crippen MR) is 140 cm³/mol. The number of carbonyl (C=O) groups is 3. The van der Waals surface area contributed by atoms with Crippen molar-refractivity contribution in [2.45, 2.75) is 75.6 Å². The Morgan fingerprint density at radius 3 is 2.30 bits per heavy atom. The monoisotopic (exact) mass is 507 g/mol. The van der Waals surface area contributed by atoms with Crippen LogP contribution in [0.5, 0.6) is 5.75 Å². The summed E-state index contributed by atoms with van der Waals surface area (Å²) in [7, 11) is 0. The summed E-state index contributed by atoms with van der Waals surface area (Å²) in [5, 5.41) is 16.7. The summed E-state index contributed by atoms with van der Waals surface area (Å²) < 4.78 is 5.56. The Balaban J connectivity index is 1.42. The zero-order valence-electron chi connectivity index (χ0n) is 21.2. The molecule has 1 aliphatic heterocycles. The summed E-state index contributed by atoms with van der Waals surface area (Å²) in [6, 6.07) is 17.1. The van der Waals surface area contributed by atoms with E-state index >= 15 is 0 Å². The van der Waals surface area contributed by atoms with Crippen LogP contribution in [0.3, 0.4) is 0 Å². The van der Waals surface area contributed by atoms with Gasteiger partial charge in [0.15, 0.2) is 12.7 Å². The average Bonchev–Trinajstić information content (AvgIpc) is 3.42. The van der Waals surface area contributed by atoms with Gasteiger partial charge < -0.3 is 25.4 Å². The molecule has 1 unspecified atom stereocenters. The Morgan fingerprint density at radius 1 is 0.919 bits per heavy atom. The van der Waals surface area contributed by atoms with Crippen LogP contribution in [0.4, 0.5) is 0 Å². The number of aliphatic hydroxyl groups excluding tert-OH is 1. The summed E-state index contributed by atoms with van der Waals surface area (Å²) in [4.78, 5) is 40.9. The maximum atomic E-state index is 13.7. The molecule has 0 aromatic heterocycles. The van der Waals surface area contributed by atoms with Crippen molar-refractivity contribution in [3.8, 4) is 5.75 Å². The molecule has 0 spiro atoms. The van der Waals surface area contributed by atoms with Crippen molar-refractivity contribution in [1.82, 2.24) is 15.5 Å². The van der Waals surface area contributed by atoms with Gasteiger partial charge in [0.2, 0.25) is 5.91 Å². The number of likely N-dealkylation sites (tertiary alicyclic amines) is 1. The van der Waals surface area contributed by atoms with Crippen LogP contribution < -0.4 is 15.4 Å². The lowest BCUT2D eigenvalue weighted by Gasteiger charge is -2.32. The number of amides is 3. The van der Waals surface area contributed by atoms with Gasteiger partial charge in [-0.2, -0.15) is 0 Å². The molecule has 3 amide bonds. The lowest BCUT2D eigenvalue weighted by molar-refractivity contribution is -0.143. The highest BCUT2D eigenvalue weighted by molar-refractivity contribution is 5.90. The number of nitrogens with one attached hydrogen (secondary N) is 2. The number of benzene rings is 2. The van der Waals surface area contributed by atoms with Crippen molar-refractivity contribution in [1.29, 1.82) is 0 Å². The number of carbonyl (C=O) groups excluding carboxylic acids is 3. The molecular weight excluding hydrogens is 470 g/mol. The van der Waals surface area contributed by atoms with Gasteiger partial charge in [0.1, 0.15) is 11.8 Å². The molecule has 1 saturated carbocycles. The van der Waals surface area contributed by atoms with E-state index < -0.39 is 30.0 Å². The SMILES string of the molecule is O=C(COc1ccccc1)N[C@@H](Cc1ccccc1)C(=O)N1CCC[C@H]1C(O)C(=O)NC1CCCCC1. The second kappa shape index (κ2) is 13.2. The lowest BCUT2D eigenvalue weighted by Crippen LogP contribution is -2.56. The standard InChI is InChI=1S/C29H37N3O5/c33-26(20-37-23-15-8-3-9-16-23)31-24(19-21-11-4-1-5-12-21)29(36)32-18-10-17-25(32)27(34)28(35)30-22-13-6-2-7-14-22/h1,3-5,8-9,11-12,15-16,22,24-25,27,34H,2,6-7,10,13-14,17-20H2,(H,30,35)(H,31,33)/t24-,25-,27?/m0/s1. The van der Waals surface area contributed by atoms with Crippen LogP contribution in [0, 0.1) is 0 Å².